The van der Waals surface area contributed by atoms with Crippen LogP contribution in [-0.4, -0.2) is 41.6 Å². The average Bonchev–Trinajstić information content (AvgIpc) is 3.20. The molecule has 1 aliphatic heterocycles. The molecule has 0 N–H and O–H groups in total. The Balaban J connectivity index is 1.74. The Hall–Kier alpha value is -2.04. The number of rotatable bonds is 2. The number of ketones is 1. The molecule has 1 aromatic carbocycles. The van der Waals surface area contributed by atoms with Crippen molar-refractivity contribution < 1.29 is 19.1 Å². The van der Waals surface area contributed by atoms with Crippen molar-refractivity contribution in [1.82, 2.24) is 4.90 Å². The van der Waals surface area contributed by atoms with Gasteiger partial charge in [-0.3, -0.25) is 9.69 Å². The number of nitrogens with zero attached hydrogens (tertiary/aromatic N) is 1. The summed E-state index contributed by atoms with van der Waals surface area (Å²) in [7, 11) is 1.64. The molecule has 1 saturated heterocycles. The van der Waals surface area contributed by atoms with Crippen LogP contribution in [0.5, 0.6) is 5.75 Å². The fraction of sp³-hybridized carbons (Fsp3) is 0.556. The number of amides is 1. The third-order valence-electron chi connectivity index (χ3n) is 4.42. The molecular weight excluding hydrogens is 294 g/mol. The first-order valence-corrected chi connectivity index (χ1v) is 7.99. The van der Waals surface area contributed by atoms with Crippen LogP contribution >= 0.6 is 0 Å². The Kier molecular flexibility index (Phi) is 3.82. The van der Waals surface area contributed by atoms with Crippen molar-refractivity contribution in [2.45, 2.75) is 57.2 Å². The van der Waals surface area contributed by atoms with E-state index in [0.717, 1.165) is 17.7 Å². The highest BCUT2D eigenvalue weighted by molar-refractivity contribution is 5.95. The van der Waals surface area contributed by atoms with Gasteiger partial charge in [-0.2, -0.15) is 0 Å². The van der Waals surface area contributed by atoms with E-state index < -0.39 is 5.60 Å². The van der Waals surface area contributed by atoms with Gasteiger partial charge in [0.1, 0.15) is 17.4 Å². The van der Waals surface area contributed by atoms with Crippen LogP contribution in [0.3, 0.4) is 0 Å². The Bertz CT molecular complexity index is 634. The number of ether oxygens (including phenoxy) is 2. The molecule has 5 nitrogen and oxygen atoms in total. The van der Waals surface area contributed by atoms with Crippen LogP contribution in [0.1, 0.15) is 45.1 Å². The van der Waals surface area contributed by atoms with E-state index >= 15 is 0 Å². The number of fused-ring (bicyclic) bond motifs is 1. The van der Waals surface area contributed by atoms with Crippen molar-refractivity contribution in [2.24, 2.45) is 0 Å². The summed E-state index contributed by atoms with van der Waals surface area (Å²) in [4.78, 5) is 26.2. The minimum absolute atomic E-state index is 0.0407. The first-order chi connectivity index (χ1) is 10.8. The molecule has 0 radical (unpaired) electrons. The van der Waals surface area contributed by atoms with E-state index in [1.165, 1.54) is 0 Å². The molecule has 3 unspecified atom stereocenters. The third kappa shape index (κ3) is 3.05. The molecule has 0 bridgehead atoms. The van der Waals surface area contributed by atoms with Gasteiger partial charge >= 0.3 is 6.09 Å². The van der Waals surface area contributed by atoms with Crippen LogP contribution in [0, 0.1) is 0 Å². The summed E-state index contributed by atoms with van der Waals surface area (Å²) in [5, 5.41) is 0. The number of methoxy groups -OCH3 is 1. The predicted octanol–water partition coefficient (Wildman–Crippen LogP) is 3.13. The van der Waals surface area contributed by atoms with Gasteiger partial charge < -0.3 is 9.47 Å². The summed E-state index contributed by atoms with van der Waals surface area (Å²) in [6.45, 7) is 5.49. The minimum Gasteiger partial charge on any atom is -0.496 e. The molecule has 1 amide bonds. The highest BCUT2D eigenvalue weighted by Crippen LogP contribution is 2.46. The molecule has 0 spiro atoms. The number of Topliss-reactive ketones (excluding diaryl/α,β-unsaturated/α-hetero) is 1. The standard InChI is InChI=1S/C18H23NO4/c1-18(2,3)23-17(21)19-13-9-11(10-14(20)16(13)19)12-7-5-6-8-15(12)22-4/h5-8,11,13,16H,9-10H2,1-4H3. The van der Waals surface area contributed by atoms with E-state index in [-0.39, 0.29) is 29.9 Å². The van der Waals surface area contributed by atoms with Crippen molar-refractivity contribution in [2.75, 3.05) is 7.11 Å². The van der Waals surface area contributed by atoms with Crippen LogP contribution in [0.4, 0.5) is 4.79 Å². The molecule has 3 atom stereocenters. The molecule has 1 heterocycles. The first-order valence-electron chi connectivity index (χ1n) is 7.99. The summed E-state index contributed by atoms with van der Waals surface area (Å²) in [5.41, 5.74) is 0.492. The molecule has 0 aromatic heterocycles. The number of carbonyl (C=O) groups excluding carboxylic acids is 2. The van der Waals surface area contributed by atoms with E-state index in [2.05, 4.69) is 0 Å². The van der Waals surface area contributed by atoms with Gasteiger partial charge in [-0.1, -0.05) is 18.2 Å². The minimum atomic E-state index is -0.548. The third-order valence-corrected chi connectivity index (χ3v) is 4.42. The fourth-order valence-electron chi connectivity index (χ4n) is 3.43. The maximum atomic E-state index is 12.4. The monoisotopic (exact) mass is 317 g/mol. The average molecular weight is 317 g/mol. The lowest BCUT2D eigenvalue weighted by Crippen LogP contribution is -2.29. The van der Waals surface area contributed by atoms with Crippen LogP contribution in [-0.2, 0) is 9.53 Å². The Labute approximate surface area is 136 Å². The summed E-state index contributed by atoms with van der Waals surface area (Å²) < 4.78 is 10.8. The number of carbonyl (C=O) groups is 2. The molecule has 3 rings (SSSR count). The molecule has 2 aliphatic rings. The highest BCUT2D eigenvalue weighted by atomic mass is 16.6. The van der Waals surface area contributed by atoms with E-state index in [1.807, 2.05) is 45.0 Å². The second kappa shape index (κ2) is 5.55. The van der Waals surface area contributed by atoms with Crippen molar-refractivity contribution >= 4 is 11.9 Å². The maximum Gasteiger partial charge on any atom is 0.411 e. The molecular formula is C18H23NO4. The van der Waals surface area contributed by atoms with E-state index in [4.69, 9.17) is 9.47 Å². The Morgan fingerprint density at radius 3 is 2.61 bits per heavy atom. The van der Waals surface area contributed by atoms with Gasteiger partial charge in [0.05, 0.1) is 13.2 Å². The predicted molar refractivity (Wildman–Crippen MR) is 85.6 cm³/mol. The summed E-state index contributed by atoms with van der Waals surface area (Å²) in [6.07, 6.45) is 0.832. The van der Waals surface area contributed by atoms with Crippen LogP contribution in [0.2, 0.25) is 0 Å². The maximum absolute atomic E-state index is 12.4. The van der Waals surface area contributed by atoms with Crippen LogP contribution in [0.15, 0.2) is 24.3 Å². The van der Waals surface area contributed by atoms with Gasteiger partial charge in [-0.05, 0) is 44.7 Å². The quantitative estimate of drug-likeness (QED) is 0.786. The lowest BCUT2D eigenvalue weighted by Gasteiger charge is -2.21. The SMILES string of the molecule is COc1ccccc1C1CC(=O)C2C(C1)N2C(=O)OC(C)(C)C. The normalized spacial score (nSPS) is 26.5. The van der Waals surface area contributed by atoms with Crippen LogP contribution in [0.25, 0.3) is 0 Å². The Morgan fingerprint density at radius 1 is 1.26 bits per heavy atom. The number of likely N-dealkylation sites (tertiary alicyclic amines) is 1. The molecule has 1 saturated carbocycles. The zero-order chi connectivity index (χ0) is 16.8. The van der Waals surface area contributed by atoms with Gasteiger partial charge in [0.2, 0.25) is 0 Å². The zero-order valence-electron chi connectivity index (χ0n) is 14.0. The largest absolute Gasteiger partial charge is 0.496 e. The number of para-hydroxylation sites is 1. The zero-order valence-corrected chi connectivity index (χ0v) is 14.0. The molecule has 2 fully saturated rings. The van der Waals surface area contributed by atoms with E-state index in [9.17, 15) is 9.59 Å². The first kappa shape index (κ1) is 15.8. The number of hydrogen-bond acceptors (Lipinski definition) is 4. The summed E-state index contributed by atoms with van der Waals surface area (Å²) >= 11 is 0. The van der Waals surface area contributed by atoms with Gasteiger partial charge in [0.15, 0.2) is 5.78 Å². The number of benzene rings is 1. The summed E-state index contributed by atoms with van der Waals surface area (Å²) in [5.74, 6) is 1.00. The molecule has 23 heavy (non-hydrogen) atoms. The lowest BCUT2D eigenvalue weighted by atomic mass is 9.83. The van der Waals surface area contributed by atoms with Crippen molar-refractivity contribution in [3.8, 4) is 5.75 Å². The number of hydrogen-bond donors (Lipinski definition) is 0. The fourth-order valence-corrected chi connectivity index (χ4v) is 3.43. The van der Waals surface area contributed by atoms with Gasteiger partial charge in [-0.15, -0.1) is 0 Å². The second-order valence-corrected chi connectivity index (χ2v) is 7.24. The van der Waals surface area contributed by atoms with Crippen molar-refractivity contribution in [3.05, 3.63) is 29.8 Å². The van der Waals surface area contributed by atoms with Crippen molar-refractivity contribution in [1.29, 1.82) is 0 Å². The topological polar surface area (TPSA) is 55.6 Å². The molecule has 5 heteroatoms. The van der Waals surface area contributed by atoms with Gasteiger partial charge in [-0.25, -0.2) is 4.79 Å². The Morgan fingerprint density at radius 2 is 1.96 bits per heavy atom. The lowest BCUT2D eigenvalue weighted by molar-refractivity contribution is -0.120. The molecule has 1 aromatic rings. The smallest absolute Gasteiger partial charge is 0.411 e. The molecule has 1 aliphatic carbocycles. The van der Waals surface area contributed by atoms with E-state index in [0.29, 0.717) is 6.42 Å². The molecule has 124 valence electrons. The van der Waals surface area contributed by atoms with E-state index in [1.54, 1.807) is 12.0 Å². The second-order valence-electron chi connectivity index (χ2n) is 7.24. The van der Waals surface area contributed by atoms with Gasteiger partial charge in [0, 0.05) is 6.42 Å². The summed E-state index contributed by atoms with van der Waals surface area (Å²) in [6, 6.07) is 7.44. The van der Waals surface area contributed by atoms with Gasteiger partial charge in [0.25, 0.3) is 0 Å². The van der Waals surface area contributed by atoms with Crippen molar-refractivity contribution in [3.63, 3.8) is 0 Å². The van der Waals surface area contributed by atoms with Crippen LogP contribution < -0.4 is 4.74 Å². The highest BCUT2D eigenvalue weighted by Gasteiger charge is 2.60.